The lowest BCUT2D eigenvalue weighted by Crippen LogP contribution is -2.23. The third-order valence-electron chi connectivity index (χ3n) is 1.94. The molecule has 0 bridgehead atoms. The Morgan fingerprint density at radius 2 is 2.07 bits per heavy atom. The molecule has 0 aromatic heterocycles. The van der Waals surface area contributed by atoms with Gasteiger partial charge in [-0.1, -0.05) is 17.7 Å². The normalized spacial score (nSPS) is 10.7. The van der Waals surface area contributed by atoms with Crippen molar-refractivity contribution >= 4 is 17.3 Å². The summed E-state index contributed by atoms with van der Waals surface area (Å²) in [4.78, 5) is 0. The van der Waals surface area contributed by atoms with Crippen LogP contribution < -0.4 is 5.32 Å². The lowest BCUT2D eigenvalue weighted by atomic mass is 10.3. The zero-order chi connectivity index (χ0) is 11.3. The molecular formula is C10H13ClFNO2. The molecule has 84 valence electrons. The van der Waals surface area contributed by atoms with Gasteiger partial charge in [0.15, 0.2) is 12.1 Å². The van der Waals surface area contributed by atoms with Gasteiger partial charge in [-0.3, -0.25) is 0 Å². The molecule has 0 amide bonds. The highest BCUT2D eigenvalue weighted by Gasteiger charge is 2.08. The van der Waals surface area contributed by atoms with Crippen molar-refractivity contribution in [3.63, 3.8) is 0 Å². The van der Waals surface area contributed by atoms with Crippen LogP contribution in [0.2, 0.25) is 5.02 Å². The maximum absolute atomic E-state index is 13.4. The third-order valence-corrected chi connectivity index (χ3v) is 2.23. The quantitative estimate of drug-likeness (QED) is 0.793. The lowest BCUT2D eigenvalue weighted by molar-refractivity contribution is -0.0914. The Bertz CT molecular complexity index is 318. The van der Waals surface area contributed by atoms with Gasteiger partial charge in [0, 0.05) is 14.2 Å². The number of hydrogen-bond donors (Lipinski definition) is 1. The van der Waals surface area contributed by atoms with Crippen LogP contribution in [0.25, 0.3) is 0 Å². The zero-order valence-electron chi connectivity index (χ0n) is 8.59. The second kappa shape index (κ2) is 5.90. The van der Waals surface area contributed by atoms with Gasteiger partial charge >= 0.3 is 0 Å². The monoisotopic (exact) mass is 233 g/mol. The highest BCUT2D eigenvalue weighted by atomic mass is 35.5. The summed E-state index contributed by atoms with van der Waals surface area (Å²) in [5, 5.41) is 2.94. The number of methoxy groups -OCH3 is 2. The van der Waals surface area contributed by atoms with Gasteiger partial charge in [-0.05, 0) is 12.1 Å². The number of hydrogen-bond acceptors (Lipinski definition) is 3. The van der Waals surface area contributed by atoms with Crippen LogP contribution in [0.1, 0.15) is 0 Å². The fourth-order valence-electron chi connectivity index (χ4n) is 1.10. The van der Waals surface area contributed by atoms with Crippen molar-refractivity contribution in [2.24, 2.45) is 0 Å². The van der Waals surface area contributed by atoms with Crippen LogP contribution in [-0.4, -0.2) is 27.1 Å². The highest BCUT2D eigenvalue weighted by molar-refractivity contribution is 6.31. The van der Waals surface area contributed by atoms with Gasteiger partial charge in [-0.15, -0.1) is 0 Å². The molecular weight excluding hydrogens is 221 g/mol. The van der Waals surface area contributed by atoms with E-state index in [4.69, 9.17) is 21.1 Å². The van der Waals surface area contributed by atoms with Crippen LogP contribution in [0.3, 0.4) is 0 Å². The minimum Gasteiger partial charge on any atom is -0.378 e. The smallest absolute Gasteiger partial charge is 0.173 e. The third kappa shape index (κ3) is 3.34. The number of ether oxygens (including phenoxy) is 2. The molecule has 0 aliphatic carbocycles. The fourth-order valence-corrected chi connectivity index (χ4v) is 1.27. The average Bonchev–Trinajstić information content (AvgIpc) is 2.25. The van der Waals surface area contributed by atoms with Gasteiger partial charge in [-0.25, -0.2) is 4.39 Å². The van der Waals surface area contributed by atoms with E-state index in [9.17, 15) is 4.39 Å². The van der Waals surface area contributed by atoms with E-state index in [1.807, 2.05) is 0 Å². The number of rotatable bonds is 5. The second-order valence-electron chi connectivity index (χ2n) is 2.88. The van der Waals surface area contributed by atoms with Gasteiger partial charge in [0.1, 0.15) is 0 Å². The SMILES string of the molecule is COC(CNc1cccc(Cl)c1F)OC. The van der Waals surface area contributed by atoms with Gasteiger partial charge in [0.25, 0.3) is 0 Å². The topological polar surface area (TPSA) is 30.5 Å². The van der Waals surface area contributed by atoms with Crippen molar-refractivity contribution < 1.29 is 13.9 Å². The summed E-state index contributed by atoms with van der Waals surface area (Å²) in [5.74, 6) is -0.467. The molecule has 0 atom stereocenters. The van der Waals surface area contributed by atoms with Gasteiger partial charge in [0.05, 0.1) is 17.3 Å². The Morgan fingerprint density at radius 1 is 1.40 bits per heavy atom. The van der Waals surface area contributed by atoms with Crippen LogP contribution in [-0.2, 0) is 9.47 Å². The maximum atomic E-state index is 13.4. The number of benzene rings is 1. The van der Waals surface area contributed by atoms with Crippen LogP contribution in [0.5, 0.6) is 0 Å². The molecule has 0 saturated heterocycles. The van der Waals surface area contributed by atoms with Crippen molar-refractivity contribution in [2.75, 3.05) is 26.1 Å². The first-order valence-corrected chi connectivity index (χ1v) is 4.80. The second-order valence-corrected chi connectivity index (χ2v) is 3.29. The Hall–Kier alpha value is -0.840. The standard InChI is InChI=1S/C10H13ClFNO2/c1-14-9(15-2)6-13-8-5-3-4-7(11)10(8)12/h3-5,9,13H,6H2,1-2H3. The predicted octanol–water partition coefficient (Wildman–Crippen LogP) is 2.51. The minimum atomic E-state index is -0.467. The molecule has 0 saturated carbocycles. The molecule has 0 aliphatic rings. The van der Waals surface area contributed by atoms with E-state index in [0.29, 0.717) is 12.2 Å². The van der Waals surface area contributed by atoms with E-state index in [1.54, 1.807) is 12.1 Å². The Balaban J connectivity index is 2.61. The molecule has 1 aromatic carbocycles. The summed E-state index contributed by atoms with van der Waals surface area (Å²) in [6.07, 6.45) is -0.414. The first kappa shape index (κ1) is 12.2. The molecule has 0 unspecified atom stereocenters. The number of anilines is 1. The van der Waals surface area contributed by atoms with Gasteiger partial charge in [-0.2, -0.15) is 0 Å². The summed E-state index contributed by atoms with van der Waals surface area (Å²) < 4.78 is 23.3. The molecule has 1 aromatic rings. The molecule has 3 nitrogen and oxygen atoms in total. The maximum Gasteiger partial charge on any atom is 0.173 e. The van der Waals surface area contributed by atoms with Crippen molar-refractivity contribution in [3.05, 3.63) is 29.0 Å². The summed E-state index contributed by atoms with van der Waals surface area (Å²) in [6, 6.07) is 4.76. The Kier molecular flexibility index (Phi) is 4.81. The average molecular weight is 234 g/mol. The van der Waals surface area contributed by atoms with Gasteiger partial charge < -0.3 is 14.8 Å². The molecule has 0 heterocycles. The van der Waals surface area contributed by atoms with Crippen LogP contribution in [0.15, 0.2) is 18.2 Å². The van der Waals surface area contributed by atoms with Crippen molar-refractivity contribution in [1.82, 2.24) is 0 Å². The Labute approximate surface area is 93.1 Å². The van der Waals surface area contributed by atoms with Crippen LogP contribution in [0.4, 0.5) is 10.1 Å². The first-order chi connectivity index (χ1) is 7.19. The summed E-state index contributed by atoms with van der Waals surface area (Å²) in [6.45, 7) is 0.351. The number of halogens is 2. The molecule has 5 heteroatoms. The van der Waals surface area contributed by atoms with Gasteiger partial charge in [0.2, 0.25) is 0 Å². The summed E-state index contributed by atoms with van der Waals surface area (Å²) in [7, 11) is 3.04. The van der Waals surface area contributed by atoms with Crippen molar-refractivity contribution in [2.45, 2.75) is 6.29 Å². The van der Waals surface area contributed by atoms with Crippen LogP contribution >= 0.6 is 11.6 Å². The number of nitrogens with one attached hydrogen (secondary N) is 1. The summed E-state index contributed by atoms with van der Waals surface area (Å²) >= 11 is 5.62. The van der Waals surface area contributed by atoms with E-state index >= 15 is 0 Å². The largest absolute Gasteiger partial charge is 0.378 e. The molecule has 1 rings (SSSR count). The Morgan fingerprint density at radius 3 is 2.67 bits per heavy atom. The first-order valence-electron chi connectivity index (χ1n) is 4.42. The fraction of sp³-hybridized carbons (Fsp3) is 0.400. The predicted molar refractivity (Wildman–Crippen MR) is 57.7 cm³/mol. The molecule has 0 radical (unpaired) electrons. The van der Waals surface area contributed by atoms with E-state index in [-0.39, 0.29) is 5.02 Å². The minimum absolute atomic E-state index is 0.0892. The lowest BCUT2D eigenvalue weighted by Gasteiger charge is -2.15. The summed E-state index contributed by atoms with van der Waals surface area (Å²) in [5.41, 5.74) is 0.335. The van der Waals surface area contributed by atoms with E-state index in [0.717, 1.165) is 0 Å². The highest BCUT2D eigenvalue weighted by Crippen LogP contribution is 2.21. The van der Waals surface area contributed by atoms with E-state index in [1.165, 1.54) is 20.3 Å². The van der Waals surface area contributed by atoms with E-state index < -0.39 is 12.1 Å². The molecule has 0 aliphatic heterocycles. The van der Waals surface area contributed by atoms with Crippen molar-refractivity contribution in [1.29, 1.82) is 0 Å². The molecule has 0 spiro atoms. The zero-order valence-corrected chi connectivity index (χ0v) is 9.34. The van der Waals surface area contributed by atoms with Crippen molar-refractivity contribution in [3.8, 4) is 0 Å². The molecule has 0 fully saturated rings. The molecule has 15 heavy (non-hydrogen) atoms. The van der Waals surface area contributed by atoms with Crippen LogP contribution in [0, 0.1) is 5.82 Å². The van der Waals surface area contributed by atoms with E-state index in [2.05, 4.69) is 5.32 Å². The molecule has 1 N–H and O–H groups in total.